The number of hydrogen-bond acceptors (Lipinski definition) is 6. The summed E-state index contributed by atoms with van der Waals surface area (Å²) in [5, 5.41) is 40.0. The maximum absolute atomic E-state index is 13.6. The van der Waals surface area contributed by atoms with Gasteiger partial charge >= 0.3 is 0 Å². The van der Waals surface area contributed by atoms with Crippen molar-refractivity contribution in [1.82, 2.24) is 0 Å². The Bertz CT molecular complexity index is 854. The van der Waals surface area contributed by atoms with Gasteiger partial charge in [-0.1, -0.05) is 24.3 Å². The molecule has 2 aromatic carbocycles. The fraction of sp³-hybridized carbons (Fsp3) is 0.364. The van der Waals surface area contributed by atoms with Gasteiger partial charge in [0, 0.05) is 12.8 Å². The van der Waals surface area contributed by atoms with E-state index >= 15 is 0 Å². The zero-order valence-corrected chi connectivity index (χ0v) is 16.5. The Hall–Kier alpha value is -2.52. The highest BCUT2D eigenvalue weighted by Gasteiger charge is 2.36. The molecule has 2 rings (SSSR count). The summed E-state index contributed by atoms with van der Waals surface area (Å²) in [5.74, 6) is -4.03. The molecule has 8 heteroatoms. The van der Waals surface area contributed by atoms with Gasteiger partial charge in [-0.15, -0.1) is 0 Å². The highest BCUT2D eigenvalue weighted by Crippen LogP contribution is 2.15. The highest BCUT2D eigenvalue weighted by molar-refractivity contribution is 6.40. The van der Waals surface area contributed by atoms with Crippen LogP contribution in [0.3, 0.4) is 0 Å². The second kappa shape index (κ2) is 9.99. The first-order valence-corrected chi connectivity index (χ1v) is 9.31. The number of benzene rings is 2. The van der Waals surface area contributed by atoms with Crippen molar-refractivity contribution in [2.45, 2.75) is 51.1 Å². The predicted molar refractivity (Wildman–Crippen MR) is 104 cm³/mol. The third-order valence-electron chi connectivity index (χ3n) is 4.87. The molecule has 2 aromatic rings. The van der Waals surface area contributed by atoms with Crippen molar-refractivity contribution < 1.29 is 38.8 Å². The Balaban J connectivity index is 2.00. The van der Waals surface area contributed by atoms with Crippen molar-refractivity contribution in [2.75, 3.05) is 0 Å². The van der Waals surface area contributed by atoms with Gasteiger partial charge in [0.05, 0.1) is 12.2 Å². The standard InChI is InChI=1S/C22H24F2O6/c1-11-3-5-13(7-15(11)23)9-17(25)19(27)21(29)22(30)20(28)18(26)10-14-6-4-12(2)16(24)8-14/h3-8,17-20,25-28H,9-10H2,1-2H3/t17?,18?,19-,20+. The van der Waals surface area contributed by atoms with Crippen LogP contribution in [-0.4, -0.2) is 56.4 Å². The molecule has 2 unspecified atom stereocenters. The maximum Gasteiger partial charge on any atom is 0.232 e. The van der Waals surface area contributed by atoms with Gasteiger partial charge in [-0.05, 0) is 48.2 Å². The average Bonchev–Trinajstić information content (AvgIpc) is 2.71. The molecule has 4 N–H and O–H groups in total. The molecular weight excluding hydrogens is 398 g/mol. The van der Waals surface area contributed by atoms with E-state index in [2.05, 4.69) is 0 Å². The topological polar surface area (TPSA) is 115 Å². The van der Waals surface area contributed by atoms with Crippen LogP contribution in [0.4, 0.5) is 8.78 Å². The third-order valence-corrected chi connectivity index (χ3v) is 4.87. The molecule has 0 spiro atoms. The molecule has 0 fully saturated rings. The quantitative estimate of drug-likeness (QED) is 0.448. The zero-order chi connectivity index (χ0) is 22.6. The molecule has 0 bridgehead atoms. The molecule has 0 aliphatic heterocycles. The molecule has 6 nitrogen and oxygen atoms in total. The van der Waals surface area contributed by atoms with E-state index in [1.165, 1.54) is 24.3 Å². The summed E-state index contributed by atoms with van der Waals surface area (Å²) in [5.41, 5.74) is 1.36. The fourth-order valence-corrected chi connectivity index (χ4v) is 2.87. The Kier molecular flexibility index (Phi) is 7.91. The maximum atomic E-state index is 13.6. The lowest BCUT2D eigenvalue weighted by Gasteiger charge is -2.20. The lowest BCUT2D eigenvalue weighted by Crippen LogP contribution is -2.47. The minimum Gasteiger partial charge on any atom is -0.390 e. The molecule has 0 saturated carbocycles. The number of ketones is 2. The molecule has 30 heavy (non-hydrogen) atoms. The number of aliphatic hydroxyl groups excluding tert-OH is 4. The van der Waals surface area contributed by atoms with Crippen molar-refractivity contribution in [2.24, 2.45) is 0 Å². The van der Waals surface area contributed by atoms with Gasteiger partial charge in [0.2, 0.25) is 11.6 Å². The number of hydrogen-bond donors (Lipinski definition) is 4. The molecule has 4 atom stereocenters. The summed E-state index contributed by atoms with van der Waals surface area (Å²) < 4.78 is 27.2. The lowest BCUT2D eigenvalue weighted by molar-refractivity contribution is -0.152. The Morgan fingerprint density at radius 3 is 1.37 bits per heavy atom. The van der Waals surface area contributed by atoms with Gasteiger partial charge in [0.25, 0.3) is 0 Å². The van der Waals surface area contributed by atoms with Crippen LogP contribution in [0.2, 0.25) is 0 Å². The van der Waals surface area contributed by atoms with Crippen molar-refractivity contribution in [1.29, 1.82) is 0 Å². The second-order valence-corrected chi connectivity index (χ2v) is 7.33. The molecule has 0 aliphatic carbocycles. The predicted octanol–water partition coefficient (Wildman–Crippen LogP) is 0.949. The van der Waals surface area contributed by atoms with Crippen molar-refractivity contribution in [3.8, 4) is 0 Å². The van der Waals surface area contributed by atoms with Crippen LogP contribution in [0.15, 0.2) is 36.4 Å². The summed E-state index contributed by atoms with van der Waals surface area (Å²) in [6.07, 6.45) is -8.39. The molecule has 0 aliphatic rings. The van der Waals surface area contributed by atoms with E-state index in [0.717, 1.165) is 12.1 Å². The summed E-state index contributed by atoms with van der Waals surface area (Å²) in [6, 6.07) is 8.20. The third kappa shape index (κ3) is 5.76. The first-order valence-electron chi connectivity index (χ1n) is 9.31. The SMILES string of the molecule is Cc1ccc(CC(O)[C@H](O)C(=O)C(=O)[C@H](O)C(O)Cc2ccc(C)c(F)c2)cc1F. The van der Waals surface area contributed by atoms with Crippen LogP contribution in [0.5, 0.6) is 0 Å². The van der Waals surface area contributed by atoms with Crippen LogP contribution in [-0.2, 0) is 22.4 Å². The van der Waals surface area contributed by atoms with Crippen molar-refractivity contribution in [3.05, 3.63) is 70.3 Å². The Labute approximate surface area is 172 Å². The number of rotatable bonds is 9. The second-order valence-electron chi connectivity index (χ2n) is 7.33. The number of carbonyl (C=O) groups excluding carboxylic acids is 2. The first kappa shape index (κ1) is 23.8. The Morgan fingerprint density at radius 1 is 0.733 bits per heavy atom. The van der Waals surface area contributed by atoms with E-state index in [0.29, 0.717) is 22.3 Å². The van der Waals surface area contributed by atoms with Crippen molar-refractivity contribution in [3.63, 3.8) is 0 Å². The van der Waals surface area contributed by atoms with Crippen LogP contribution >= 0.6 is 0 Å². The normalized spacial score (nSPS) is 15.3. The van der Waals surface area contributed by atoms with Crippen LogP contribution in [0.25, 0.3) is 0 Å². The van der Waals surface area contributed by atoms with E-state index in [-0.39, 0.29) is 12.8 Å². The van der Waals surface area contributed by atoms with Crippen LogP contribution in [0.1, 0.15) is 22.3 Å². The minimum atomic E-state index is -2.17. The number of aryl methyl sites for hydroxylation is 2. The van der Waals surface area contributed by atoms with Gasteiger partial charge in [-0.2, -0.15) is 0 Å². The lowest BCUT2D eigenvalue weighted by atomic mass is 9.94. The van der Waals surface area contributed by atoms with Gasteiger partial charge < -0.3 is 20.4 Å². The summed E-state index contributed by atoms with van der Waals surface area (Å²) in [4.78, 5) is 24.3. The van der Waals surface area contributed by atoms with E-state index in [1.807, 2.05) is 0 Å². The van der Waals surface area contributed by atoms with Gasteiger partial charge in [-0.25, -0.2) is 8.78 Å². The Morgan fingerprint density at radius 2 is 1.07 bits per heavy atom. The molecule has 0 heterocycles. The van der Waals surface area contributed by atoms with Gasteiger partial charge in [-0.3, -0.25) is 9.59 Å². The van der Waals surface area contributed by atoms with E-state index in [9.17, 15) is 38.8 Å². The van der Waals surface area contributed by atoms with Crippen LogP contribution in [0, 0.1) is 25.5 Å². The van der Waals surface area contributed by atoms with E-state index in [4.69, 9.17) is 0 Å². The molecule has 0 aromatic heterocycles. The van der Waals surface area contributed by atoms with Gasteiger partial charge in [0.1, 0.15) is 23.8 Å². The zero-order valence-electron chi connectivity index (χ0n) is 16.5. The number of Topliss-reactive ketones (excluding diaryl/α,β-unsaturated/α-hetero) is 2. The minimum absolute atomic E-state index is 0.298. The van der Waals surface area contributed by atoms with E-state index in [1.54, 1.807) is 13.8 Å². The highest BCUT2D eigenvalue weighted by atomic mass is 19.1. The number of aliphatic hydroxyl groups is 4. The molecule has 0 radical (unpaired) electrons. The van der Waals surface area contributed by atoms with Crippen molar-refractivity contribution >= 4 is 11.6 Å². The van der Waals surface area contributed by atoms with E-state index < -0.39 is 47.6 Å². The fourth-order valence-electron chi connectivity index (χ4n) is 2.87. The first-order chi connectivity index (χ1) is 14.0. The summed E-state index contributed by atoms with van der Waals surface area (Å²) in [6.45, 7) is 3.09. The molecular formula is C22H24F2O6. The smallest absolute Gasteiger partial charge is 0.232 e. The number of halogens is 2. The monoisotopic (exact) mass is 422 g/mol. The largest absolute Gasteiger partial charge is 0.390 e. The van der Waals surface area contributed by atoms with Crippen LogP contribution < -0.4 is 0 Å². The number of carbonyl (C=O) groups is 2. The molecule has 0 saturated heterocycles. The summed E-state index contributed by atoms with van der Waals surface area (Å²) in [7, 11) is 0. The van der Waals surface area contributed by atoms with Gasteiger partial charge in [0.15, 0.2) is 0 Å². The molecule has 162 valence electrons. The molecule has 0 amide bonds. The average molecular weight is 422 g/mol. The summed E-state index contributed by atoms with van der Waals surface area (Å²) >= 11 is 0.